The van der Waals surface area contributed by atoms with Crippen LogP contribution in [0.4, 0.5) is 0 Å². The third kappa shape index (κ3) is 5.20. The lowest BCUT2D eigenvalue weighted by atomic mass is 10.2. The highest BCUT2D eigenvalue weighted by molar-refractivity contribution is 7.13. The van der Waals surface area contributed by atoms with Gasteiger partial charge in [0, 0.05) is 50.8 Å². The fraction of sp³-hybridized carbons (Fsp3) is 0.409. The molecule has 0 aliphatic carbocycles. The summed E-state index contributed by atoms with van der Waals surface area (Å²) >= 11 is 1.35. The van der Waals surface area contributed by atoms with Gasteiger partial charge in [0.2, 0.25) is 5.91 Å². The van der Waals surface area contributed by atoms with Gasteiger partial charge in [0.1, 0.15) is 11.4 Å². The quantitative estimate of drug-likeness (QED) is 0.565. The molecule has 4 heterocycles. The van der Waals surface area contributed by atoms with Gasteiger partial charge in [-0.2, -0.15) is 5.10 Å². The number of aromatic nitrogens is 4. The van der Waals surface area contributed by atoms with Crippen molar-refractivity contribution in [3.05, 3.63) is 63.6 Å². The maximum atomic E-state index is 13.3. The molecule has 32 heavy (non-hydrogen) atoms. The van der Waals surface area contributed by atoms with Crippen molar-refractivity contribution in [3.8, 4) is 0 Å². The van der Waals surface area contributed by atoms with E-state index in [9.17, 15) is 9.59 Å². The van der Waals surface area contributed by atoms with Crippen molar-refractivity contribution in [1.82, 2.24) is 29.5 Å². The maximum Gasteiger partial charge on any atom is 0.266 e. The lowest BCUT2D eigenvalue weighted by Crippen LogP contribution is -2.39. The summed E-state index contributed by atoms with van der Waals surface area (Å²) in [5.41, 5.74) is 2.56. The Labute approximate surface area is 190 Å². The Morgan fingerprint density at radius 2 is 2.09 bits per heavy atom. The molecule has 1 atom stereocenters. The molecule has 1 unspecified atom stereocenters. The third-order valence-corrected chi connectivity index (χ3v) is 6.31. The van der Waals surface area contributed by atoms with Crippen molar-refractivity contribution in [2.24, 2.45) is 7.05 Å². The van der Waals surface area contributed by atoms with Crippen molar-refractivity contribution in [1.29, 1.82) is 0 Å². The van der Waals surface area contributed by atoms with Gasteiger partial charge in [0.25, 0.3) is 5.91 Å². The number of nitrogens with zero attached hydrogens (tertiary/aromatic N) is 6. The highest BCUT2D eigenvalue weighted by Crippen LogP contribution is 2.21. The molecule has 4 rings (SSSR count). The molecule has 2 amide bonds. The van der Waals surface area contributed by atoms with Crippen molar-refractivity contribution in [3.63, 3.8) is 0 Å². The topological polar surface area (TPSA) is 93.5 Å². The summed E-state index contributed by atoms with van der Waals surface area (Å²) in [6.07, 6.45) is 6.76. The van der Waals surface area contributed by atoms with E-state index in [2.05, 4.69) is 15.1 Å². The minimum absolute atomic E-state index is 0.00222. The van der Waals surface area contributed by atoms with Crippen LogP contribution in [0.15, 0.2) is 36.9 Å². The van der Waals surface area contributed by atoms with E-state index in [1.807, 2.05) is 39.2 Å². The molecule has 3 aromatic rings. The summed E-state index contributed by atoms with van der Waals surface area (Å²) < 4.78 is 7.87. The number of hydrogen-bond acceptors (Lipinski definition) is 7. The average Bonchev–Trinajstić information content (AvgIpc) is 3.29. The Morgan fingerprint density at radius 3 is 2.75 bits per heavy atom. The first-order chi connectivity index (χ1) is 15.4. The van der Waals surface area contributed by atoms with Gasteiger partial charge in [-0.3, -0.25) is 19.3 Å². The molecule has 1 aliphatic rings. The Bertz CT molecular complexity index is 1100. The molecule has 1 aliphatic heterocycles. The number of rotatable bonds is 6. The molecule has 10 heteroatoms. The number of carbonyl (C=O) groups is 2. The van der Waals surface area contributed by atoms with E-state index in [1.54, 1.807) is 33.1 Å². The summed E-state index contributed by atoms with van der Waals surface area (Å²) in [6, 6.07) is 3.80. The first-order valence-corrected chi connectivity index (χ1v) is 11.2. The second-order valence-electron chi connectivity index (χ2n) is 7.92. The predicted octanol–water partition coefficient (Wildman–Crippen LogP) is 1.96. The van der Waals surface area contributed by atoms with Crippen molar-refractivity contribution >= 4 is 23.2 Å². The zero-order chi connectivity index (χ0) is 22.7. The standard InChI is InChI=1S/C22H26N6O3S/c1-15-21(32-16(2)25-15)22(30)28-12-19(31-14-17-5-4-6-23-7-17)11-27(20(29)13-28)10-18-8-24-26(3)9-18/h4-9,19H,10-14H2,1-3H3. The van der Waals surface area contributed by atoms with Crippen LogP contribution < -0.4 is 0 Å². The van der Waals surface area contributed by atoms with Crippen molar-refractivity contribution < 1.29 is 14.3 Å². The smallest absolute Gasteiger partial charge is 0.266 e. The first kappa shape index (κ1) is 22.1. The van der Waals surface area contributed by atoms with E-state index in [0.29, 0.717) is 36.8 Å². The van der Waals surface area contributed by atoms with Crippen LogP contribution in [0, 0.1) is 13.8 Å². The highest BCUT2D eigenvalue weighted by atomic mass is 32.1. The van der Waals surface area contributed by atoms with Crippen LogP contribution in [0.3, 0.4) is 0 Å². The second kappa shape index (κ2) is 9.58. The Balaban J connectivity index is 1.54. The molecule has 1 saturated heterocycles. The molecule has 0 saturated carbocycles. The Morgan fingerprint density at radius 1 is 1.25 bits per heavy atom. The lowest BCUT2D eigenvalue weighted by Gasteiger charge is -2.24. The van der Waals surface area contributed by atoms with Crippen LogP contribution in [0.5, 0.6) is 0 Å². The van der Waals surface area contributed by atoms with Gasteiger partial charge in [-0.05, 0) is 25.5 Å². The van der Waals surface area contributed by atoms with E-state index in [4.69, 9.17) is 4.74 Å². The Hall–Kier alpha value is -3.11. The lowest BCUT2D eigenvalue weighted by molar-refractivity contribution is -0.132. The Kier molecular flexibility index (Phi) is 6.61. The molecule has 3 aromatic heterocycles. The second-order valence-corrected chi connectivity index (χ2v) is 9.13. The normalized spacial score (nSPS) is 17.0. The SMILES string of the molecule is Cc1nc(C)c(C(=O)N2CC(=O)N(Cc3cnn(C)c3)CC(OCc3cccnc3)C2)s1. The first-order valence-electron chi connectivity index (χ1n) is 10.4. The van der Waals surface area contributed by atoms with Gasteiger partial charge < -0.3 is 14.5 Å². The zero-order valence-electron chi connectivity index (χ0n) is 18.4. The van der Waals surface area contributed by atoms with E-state index in [0.717, 1.165) is 16.1 Å². The van der Waals surface area contributed by atoms with E-state index < -0.39 is 0 Å². The molecule has 9 nitrogen and oxygen atoms in total. The van der Waals surface area contributed by atoms with Gasteiger partial charge in [-0.1, -0.05) is 6.07 Å². The van der Waals surface area contributed by atoms with Gasteiger partial charge in [0.05, 0.1) is 29.6 Å². The minimum atomic E-state index is -0.336. The molecule has 0 bridgehead atoms. The summed E-state index contributed by atoms with van der Waals surface area (Å²) in [5.74, 6) is -0.298. The number of amides is 2. The molecule has 0 N–H and O–H groups in total. The van der Waals surface area contributed by atoms with Crippen LogP contribution in [0.2, 0.25) is 0 Å². The number of pyridine rings is 1. The van der Waals surface area contributed by atoms with Crippen LogP contribution in [-0.4, -0.2) is 67.1 Å². The monoisotopic (exact) mass is 454 g/mol. The van der Waals surface area contributed by atoms with E-state index >= 15 is 0 Å². The number of hydrogen-bond donors (Lipinski definition) is 0. The number of thiazole rings is 1. The molecule has 0 radical (unpaired) electrons. The largest absolute Gasteiger partial charge is 0.370 e. The number of ether oxygens (including phenoxy) is 1. The molecule has 168 valence electrons. The summed E-state index contributed by atoms with van der Waals surface area (Å²) in [5, 5.41) is 5.02. The predicted molar refractivity (Wildman–Crippen MR) is 119 cm³/mol. The molecular formula is C22H26N6O3S. The zero-order valence-corrected chi connectivity index (χ0v) is 19.2. The highest BCUT2D eigenvalue weighted by Gasteiger charge is 2.32. The summed E-state index contributed by atoms with van der Waals surface area (Å²) in [4.78, 5) is 38.8. The van der Waals surface area contributed by atoms with Crippen LogP contribution in [0.25, 0.3) is 0 Å². The molecular weight excluding hydrogens is 428 g/mol. The number of carbonyl (C=O) groups excluding carboxylic acids is 2. The average molecular weight is 455 g/mol. The van der Waals surface area contributed by atoms with Gasteiger partial charge >= 0.3 is 0 Å². The molecule has 1 fully saturated rings. The van der Waals surface area contributed by atoms with Gasteiger partial charge in [-0.15, -0.1) is 11.3 Å². The summed E-state index contributed by atoms with van der Waals surface area (Å²) in [6.45, 7) is 5.18. The van der Waals surface area contributed by atoms with E-state index in [-0.39, 0.29) is 24.5 Å². The minimum Gasteiger partial charge on any atom is -0.370 e. The number of aryl methyl sites for hydroxylation is 3. The van der Waals surface area contributed by atoms with Crippen molar-refractivity contribution in [2.75, 3.05) is 19.6 Å². The van der Waals surface area contributed by atoms with Crippen LogP contribution in [0.1, 0.15) is 31.5 Å². The van der Waals surface area contributed by atoms with Crippen LogP contribution in [-0.2, 0) is 29.7 Å². The van der Waals surface area contributed by atoms with Crippen molar-refractivity contribution in [2.45, 2.75) is 33.1 Å². The summed E-state index contributed by atoms with van der Waals surface area (Å²) in [7, 11) is 1.84. The molecule has 0 aromatic carbocycles. The van der Waals surface area contributed by atoms with E-state index in [1.165, 1.54) is 11.3 Å². The fourth-order valence-electron chi connectivity index (χ4n) is 3.74. The maximum absolute atomic E-state index is 13.3. The van der Waals surface area contributed by atoms with Crippen LogP contribution >= 0.6 is 11.3 Å². The van der Waals surface area contributed by atoms with Gasteiger partial charge in [-0.25, -0.2) is 4.98 Å². The van der Waals surface area contributed by atoms with Gasteiger partial charge in [0.15, 0.2) is 0 Å². The fourth-order valence-corrected chi connectivity index (χ4v) is 4.62. The third-order valence-electron chi connectivity index (χ3n) is 5.25. The molecule has 0 spiro atoms.